The van der Waals surface area contributed by atoms with Gasteiger partial charge in [0.15, 0.2) is 0 Å². The maximum absolute atomic E-state index is 12.8. The zero-order chi connectivity index (χ0) is 28.1. The maximum Gasteiger partial charge on any atom is 0.408 e. The highest BCUT2D eigenvalue weighted by atomic mass is 16.6. The maximum atomic E-state index is 12.8. The van der Waals surface area contributed by atoms with E-state index in [2.05, 4.69) is 15.6 Å². The van der Waals surface area contributed by atoms with Crippen molar-refractivity contribution in [1.29, 1.82) is 0 Å². The molecule has 1 aliphatic heterocycles. The van der Waals surface area contributed by atoms with Crippen LogP contribution in [0.3, 0.4) is 0 Å². The van der Waals surface area contributed by atoms with Crippen LogP contribution in [0.25, 0.3) is 5.69 Å². The minimum Gasteiger partial charge on any atom is -0.444 e. The third kappa shape index (κ3) is 7.89. The van der Waals surface area contributed by atoms with E-state index in [9.17, 15) is 24.0 Å². The number of piperazine rings is 1. The number of carbonyl (C=O) groups excluding carboxylic acids is 4. The highest BCUT2D eigenvalue weighted by Gasteiger charge is 2.31. The van der Waals surface area contributed by atoms with Gasteiger partial charge in [0.25, 0.3) is 0 Å². The van der Waals surface area contributed by atoms with Crippen molar-refractivity contribution in [1.82, 2.24) is 24.7 Å². The molecule has 3 rings (SSSR count). The fourth-order valence-electron chi connectivity index (χ4n) is 3.88. The van der Waals surface area contributed by atoms with Gasteiger partial charge in [-0.2, -0.15) is 4.98 Å². The largest absolute Gasteiger partial charge is 0.444 e. The number of urea groups is 1. The first-order valence-electron chi connectivity index (χ1n) is 12.3. The molecule has 1 aromatic heterocycles. The second kappa shape index (κ2) is 11.4. The van der Waals surface area contributed by atoms with Crippen LogP contribution < -0.4 is 16.3 Å². The summed E-state index contributed by atoms with van der Waals surface area (Å²) < 4.78 is 6.54. The molecule has 0 spiro atoms. The van der Waals surface area contributed by atoms with Gasteiger partial charge in [-0.05, 0) is 52.8 Å². The molecule has 38 heavy (non-hydrogen) atoms. The zero-order valence-corrected chi connectivity index (χ0v) is 22.3. The van der Waals surface area contributed by atoms with Crippen LogP contribution in [-0.2, 0) is 9.53 Å². The van der Waals surface area contributed by atoms with Crippen molar-refractivity contribution in [3.8, 4) is 5.69 Å². The monoisotopic (exact) mass is 526 g/mol. The lowest BCUT2D eigenvalue weighted by atomic mass is 10.00. The first-order chi connectivity index (χ1) is 17.8. The lowest BCUT2D eigenvalue weighted by Crippen LogP contribution is -2.54. The Morgan fingerprint density at radius 3 is 2.29 bits per heavy atom. The van der Waals surface area contributed by atoms with Gasteiger partial charge in [-0.25, -0.2) is 14.4 Å². The summed E-state index contributed by atoms with van der Waals surface area (Å²) in [7, 11) is 0. The van der Waals surface area contributed by atoms with Gasteiger partial charge in [0.2, 0.25) is 5.91 Å². The molecule has 0 bridgehead atoms. The molecule has 4 amide bonds. The summed E-state index contributed by atoms with van der Waals surface area (Å²) in [5, 5.41) is 5.35. The van der Waals surface area contributed by atoms with Gasteiger partial charge >= 0.3 is 17.8 Å². The number of alkyl carbamates (subject to hydrolysis) is 1. The quantitative estimate of drug-likeness (QED) is 0.550. The molecule has 2 heterocycles. The molecule has 1 aliphatic rings. The Morgan fingerprint density at radius 1 is 1.03 bits per heavy atom. The predicted molar refractivity (Wildman–Crippen MR) is 140 cm³/mol. The van der Waals surface area contributed by atoms with Crippen LogP contribution in [0.5, 0.6) is 0 Å². The van der Waals surface area contributed by atoms with E-state index in [0.29, 0.717) is 43.7 Å². The molecule has 2 aromatic rings. The van der Waals surface area contributed by atoms with E-state index in [1.54, 1.807) is 63.8 Å². The van der Waals surface area contributed by atoms with E-state index in [1.165, 1.54) is 21.7 Å². The average Bonchev–Trinajstić information content (AvgIpc) is 2.82. The summed E-state index contributed by atoms with van der Waals surface area (Å²) in [6.07, 6.45) is 1.64. The Kier molecular flexibility index (Phi) is 8.54. The van der Waals surface area contributed by atoms with E-state index in [-0.39, 0.29) is 18.1 Å². The summed E-state index contributed by atoms with van der Waals surface area (Å²) in [5.41, 5.74) is -1.16. The average molecular weight is 527 g/mol. The fourth-order valence-corrected chi connectivity index (χ4v) is 3.88. The third-order valence-electron chi connectivity index (χ3n) is 5.68. The van der Waals surface area contributed by atoms with Crippen molar-refractivity contribution >= 4 is 30.1 Å². The number of ether oxygens (including phenoxy) is 1. The smallest absolute Gasteiger partial charge is 0.408 e. The van der Waals surface area contributed by atoms with Crippen LogP contribution in [0.1, 0.15) is 51.4 Å². The molecule has 1 aromatic carbocycles. The highest BCUT2D eigenvalue weighted by Crippen LogP contribution is 2.16. The topological polar surface area (TPSA) is 143 Å². The lowest BCUT2D eigenvalue weighted by Gasteiger charge is -2.36. The number of hydrogen-bond donors (Lipinski definition) is 2. The Labute approximate surface area is 221 Å². The second-order valence-electron chi connectivity index (χ2n) is 10.7. The number of nitrogens with one attached hydrogen (secondary N) is 2. The van der Waals surface area contributed by atoms with E-state index in [4.69, 9.17) is 4.74 Å². The van der Waals surface area contributed by atoms with Crippen molar-refractivity contribution in [2.24, 2.45) is 0 Å². The normalized spacial score (nSPS) is 14.0. The number of carbonyl (C=O) groups is 4. The van der Waals surface area contributed by atoms with Crippen LogP contribution in [-0.4, -0.2) is 81.0 Å². The minimum atomic E-state index is -0.811. The van der Waals surface area contributed by atoms with Gasteiger partial charge in [0, 0.05) is 49.9 Å². The molecule has 2 N–H and O–H groups in total. The summed E-state index contributed by atoms with van der Waals surface area (Å²) >= 11 is 0. The Hall–Kier alpha value is -4.22. The molecule has 12 heteroatoms. The molecular weight excluding hydrogens is 492 g/mol. The van der Waals surface area contributed by atoms with Crippen LogP contribution in [0.15, 0.2) is 41.3 Å². The van der Waals surface area contributed by atoms with Crippen molar-refractivity contribution in [2.45, 2.75) is 52.2 Å². The highest BCUT2D eigenvalue weighted by molar-refractivity contribution is 5.88. The molecule has 0 radical (unpaired) electrons. The molecule has 0 unspecified atom stereocenters. The fraction of sp³-hybridized carbons (Fsp3) is 0.462. The number of aromatic nitrogens is 2. The molecule has 12 nitrogen and oxygen atoms in total. The number of benzene rings is 1. The first kappa shape index (κ1) is 28.4. The van der Waals surface area contributed by atoms with Gasteiger partial charge < -0.3 is 19.9 Å². The SMILES string of the molecule is CC(C)(CC(=O)N1CCN(C(=O)Nc2ccn(-c3cccc(C=O)c3)c(=O)n2)CC1)NC(=O)OC(C)(C)C. The molecule has 1 saturated heterocycles. The van der Waals surface area contributed by atoms with Gasteiger partial charge in [-0.1, -0.05) is 12.1 Å². The number of nitrogens with zero attached hydrogens (tertiary/aromatic N) is 4. The van der Waals surface area contributed by atoms with Crippen molar-refractivity contribution in [3.05, 3.63) is 52.6 Å². The Bertz CT molecular complexity index is 1260. The van der Waals surface area contributed by atoms with Gasteiger partial charge in [0.05, 0.1) is 5.69 Å². The van der Waals surface area contributed by atoms with Crippen LogP contribution in [0.2, 0.25) is 0 Å². The first-order valence-corrected chi connectivity index (χ1v) is 12.3. The van der Waals surface area contributed by atoms with E-state index < -0.39 is 29.0 Å². The summed E-state index contributed by atoms with van der Waals surface area (Å²) in [5.74, 6) is -0.0497. The van der Waals surface area contributed by atoms with E-state index >= 15 is 0 Å². The molecule has 204 valence electrons. The molecule has 0 saturated carbocycles. The van der Waals surface area contributed by atoms with Crippen LogP contribution in [0.4, 0.5) is 15.4 Å². The van der Waals surface area contributed by atoms with Crippen molar-refractivity contribution in [2.75, 3.05) is 31.5 Å². The number of amides is 4. The van der Waals surface area contributed by atoms with Crippen LogP contribution >= 0.6 is 0 Å². The zero-order valence-electron chi connectivity index (χ0n) is 22.3. The molecular formula is C26H34N6O6. The standard InChI is InChI=1S/C26H34N6O6/c1-25(2,3)38-24(37)29-26(4,5)16-21(34)30-11-13-31(14-12-30)22(35)27-20-9-10-32(23(36)28-20)19-8-6-7-18(15-19)17-33/h6-10,15,17H,11-14,16H2,1-5H3,(H,29,37)(H,27,28,35,36). The lowest BCUT2D eigenvalue weighted by molar-refractivity contribution is -0.133. The number of aldehydes is 1. The number of rotatable bonds is 6. The van der Waals surface area contributed by atoms with Gasteiger partial charge in [-0.3, -0.25) is 19.5 Å². The summed E-state index contributed by atoms with van der Waals surface area (Å²) in [4.78, 5) is 68.2. The van der Waals surface area contributed by atoms with Crippen LogP contribution in [0, 0.1) is 0 Å². The van der Waals surface area contributed by atoms with E-state index in [1.807, 2.05) is 0 Å². The van der Waals surface area contributed by atoms with Crippen molar-refractivity contribution < 1.29 is 23.9 Å². The minimum absolute atomic E-state index is 0.0778. The second-order valence-corrected chi connectivity index (χ2v) is 10.7. The molecule has 1 fully saturated rings. The summed E-state index contributed by atoms with van der Waals surface area (Å²) in [6, 6.07) is 7.57. The Morgan fingerprint density at radius 2 is 1.68 bits per heavy atom. The Balaban J connectivity index is 1.52. The predicted octanol–water partition coefficient (Wildman–Crippen LogP) is 2.41. The van der Waals surface area contributed by atoms with E-state index in [0.717, 1.165) is 0 Å². The number of hydrogen-bond acceptors (Lipinski definition) is 7. The molecule has 0 aliphatic carbocycles. The summed E-state index contributed by atoms with van der Waals surface area (Å²) in [6.45, 7) is 10.0. The van der Waals surface area contributed by atoms with Gasteiger partial charge in [-0.15, -0.1) is 0 Å². The number of anilines is 1. The molecule has 0 atom stereocenters. The van der Waals surface area contributed by atoms with Gasteiger partial charge in [0.1, 0.15) is 17.7 Å². The van der Waals surface area contributed by atoms with Crippen molar-refractivity contribution in [3.63, 3.8) is 0 Å². The third-order valence-corrected chi connectivity index (χ3v) is 5.68.